The van der Waals surface area contributed by atoms with Crippen LogP contribution in [0.5, 0.6) is 17.2 Å². The van der Waals surface area contributed by atoms with E-state index in [1.165, 1.54) is 20.8 Å². The number of aromatic hydroxyl groups is 2. The molecule has 3 N–H and O–H groups in total. The fourth-order valence-electron chi connectivity index (χ4n) is 3.49. The molecule has 0 amide bonds. The van der Waals surface area contributed by atoms with E-state index in [0.29, 0.717) is 0 Å². The summed E-state index contributed by atoms with van der Waals surface area (Å²) in [6, 6.07) is 0. The third-order valence-corrected chi connectivity index (χ3v) is 4.91. The zero-order valence-corrected chi connectivity index (χ0v) is 16.2. The highest BCUT2D eigenvalue weighted by atomic mass is 16.5. The third kappa shape index (κ3) is 2.80. The molecule has 0 saturated heterocycles. The number of phenolic OH excluding ortho intramolecular Hbond substituents is 2. The number of carbonyl (C=O) groups is 4. The first-order valence-corrected chi connectivity index (χ1v) is 8.64. The lowest BCUT2D eigenvalue weighted by molar-refractivity contribution is -0.140. The highest BCUT2D eigenvalue weighted by molar-refractivity contribution is 6.27. The second-order valence-corrected chi connectivity index (χ2v) is 6.82. The second kappa shape index (κ2) is 7.20. The number of benzene rings is 1. The van der Waals surface area contributed by atoms with Gasteiger partial charge in [0.25, 0.3) is 0 Å². The van der Waals surface area contributed by atoms with Gasteiger partial charge >= 0.3 is 0 Å². The molecule has 2 unspecified atom stereocenters. The number of fused-ring (bicyclic) bond motifs is 3. The van der Waals surface area contributed by atoms with E-state index in [1.54, 1.807) is 6.92 Å². The first-order valence-electron chi connectivity index (χ1n) is 8.64. The Morgan fingerprint density at radius 3 is 2.18 bits per heavy atom. The van der Waals surface area contributed by atoms with Crippen molar-refractivity contribution in [1.82, 2.24) is 0 Å². The van der Waals surface area contributed by atoms with Gasteiger partial charge in [0.1, 0.15) is 45.7 Å². The number of Topliss-reactive ketones (excluding diaryl/α,β-unsaturated/α-hetero) is 3. The highest BCUT2D eigenvalue weighted by Crippen LogP contribution is 2.57. The predicted molar refractivity (Wildman–Crippen MR) is 97.5 cm³/mol. The lowest BCUT2D eigenvalue weighted by Gasteiger charge is -2.30. The van der Waals surface area contributed by atoms with Crippen molar-refractivity contribution >= 4 is 23.1 Å². The molecule has 8 heteroatoms. The van der Waals surface area contributed by atoms with Crippen LogP contribution in [0.1, 0.15) is 49.2 Å². The lowest BCUT2D eigenvalue weighted by atomic mass is 9.67. The van der Waals surface area contributed by atoms with E-state index in [1.807, 2.05) is 0 Å². The fourth-order valence-corrected chi connectivity index (χ4v) is 3.49. The van der Waals surface area contributed by atoms with E-state index < -0.39 is 46.0 Å². The van der Waals surface area contributed by atoms with Crippen molar-refractivity contribution in [1.29, 1.82) is 0 Å². The molecular formula is C20H22O8. The van der Waals surface area contributed by atoms with Crippen molar-refractivity contribution in [3.8, 4) is 17.2 Å². The van der Waals surface area contributed by atoms with Crippen LogP contribution >= 0.6 is 0 Å². The van der Waals surface area contributed by atoms with Gasteiger partial charge < -0.3 is 20.1 Å². The molecule has 1 aliphatic heterocycles. The molecule has 0 spiro atoms. The van der Waals surface area contributed by atoms with Crippen LogP contribution in [0.15, 0.2) is 11.8 Å². The van der Waals surface area contributed by atoms with E-state index in [2.05, 4.69) is 0 Å². The Morgan fingerprint density at radius 2 is 1.71 bits per heavy atom. The first kappa shape index (κ1) is 21.3. The molecule has 1 aliphatic carbocycles. The topological polar surface area (TPSA) is 138 Å². The maximum Gasteiger partial charge on any atom is 0.177 e. The van der Waals surface area contributed by atoms with Gasteiger partial charge in [-0.05, 0) is 34.6 Å². The summed E-state index contributed by atoms with van der Waals surface area (Å²) < 4.78 is 5.56. The van der Waals surface area contributed by atoms with Crippen molar-refractivity contribution in [2.45, 2.75) is 40.0 Å². The number of phenols is 2. The average molecular weight is 390 g/mol. The van der Waals surface area contributed by atoms with E-state index in [-0.39, 0.29) is 34.8 Å². The Morgan fingerprint density at radius 1 is 1.18 bits per heavy atom. The van der Waals surface area contributed by atoms with E-state index in [0.717, 1.165) is 13.0 Å². The summed E-state index contributed by atoms with van der Waals surface area (Å²) in [7, 11) is 0. The minimum absolute atomic E-state index is 0.0111. The number of hydrogen-bond donors (Lipinski definition) is 3. The fraction of sp³-hybridized carbons (Fsp3) is 0.400. The predicted octanol–water partition coefficient (Wildman–Crippen LogP) is 1.50. The summed E-state index contributed by atoms with van der Waals surface area (Å²) in [5.74, 6) is -5.15. The molecule has 150 valence electrons. The average Bonchev–Trinajstić information content (AvgIpc) is 2.86. The number of ether oxygens (including phenoxy) is 1. The number of aliphatic hydroxyl groups excluding tert-OH is 1. The minimum atomic E-state index is -1.59. The highest BCUT2D eigenvalue weighted by Gasteiger charge is 2.58. The zero-order valence-electron chi connectivity index (χ0n) is 16.2. The van der Waals surface area contributed by atoms with Gasteiger partial charge in [0, 0.05) is 18.2 Å². The Bertz CT molecular complexity index is 940. The van der Waals surface area contributed by atoms with Crippen molar-refractivity contribution in [3.63, 3.8) is 0 Å². The van der Waals surface area contributed by atoms with Gasteiger partial charge in [0.2, 0.25) is 0 Å². The Hall–Kier alpha value is -3.00. The van der Waals surface area contributed by atoms with Crippen molar-refractivity contribution in [2.24, 2.45) is 5.92 Å². The van der Waals surface area contributed by atoms with Crippen LogP contribution in [0.4, 0.5) is 0 Å². The third-order valence-electron chi connectivity index (χ3n) is 4.91. The standard InChI is InChI=1S/C18H16O7.C2H6O/c1-6-14(22)12(8(3)20)16-13(15(6)23)18(4)10(25-16)5-9(21)11(7(2)19)17(18)24;1-2-3/h5,11,22-23H,1-4H3;3H,2H2,1H3. The molecule has 1 aromatic rings. The maximum absolute atomic E-state index is 13.0. The molecule has 0 bridgehead atoms. The molecule has 1 aromatic carbocycles. The summed E-state index contributed by atoms with van der Waals surface area (Å²) >= 11 is 0. The maximum atomic E-state index is 13.0. The van der Waals surface area contributed by atoms with Crippen LogP contribution < -0.4 is 4.74 Å². The van der Waals surface area contributed by atoms with Crippen molar-refractivity contribution in [3.05, 3.63) is 28.5 Å². The largest absolute Gasteiger partial charge is 0.507 e. The van der Waals surface area contributed by atoms with Gasteiger partial charge in [0.05, 0.1) is 5.56 Å². The van der Waals surface area contributed by atoms with Crippen LogP contribution in [-0.4, -0.2) is 45.1 Å². The van der Waals surface area contributed by atoms with Crippen molar-refractivity contribution < 1.29 is 39.2 Å². The molecule has 2 atom stereocenters. The Balaban J connectivity index is 0.000000878. The number of allylic oxidation sites excluding steroid dienone is 2. The molecule has 0 radical (unpaired) electrons. The number of hydrogen-bond acceptors (Lipinski definition) is 8. The van der Waals surface area contributed by atoms with Crippen LogP contribution in [0.2, 0.25) is 0 Å². The van der Waals surface area contributed by atoms with Crippen LogP contribution in [0.25, 0.3) is 0 Å². The van der Waals surface area contributed by atoms with E-state index in [9.17, 15) is 29.4 Å². The zero-order chi connectivity index (χ0) is 21.5. The Labute approximate surface area is 161 Å². The Kier molecular flexibility index (Phi) is 5.48. The molecule has 3 rings (SSSR count). The normalized spacial score (nSPS) is 22.4. The molecular weight excluding hydrogens is 368 g/mol. The minimum Gasteiger partial charge on any atom is -0.507 e. The smallest absolute Gasteiger partial charge is 0.177 e. The summed E-state index contributed by atoms with van der Waals surface area (Å²) in [5.41, 5.74) is -1.77. The van der Waals surface area contributed by atoms with Crippen LogP contribution in [-0.2, 0) is 19.8 Å². The van der Waals surface area contributed by atoms with Gasteiger partial charge in [-0.15, -0.1) is 0 Å². The second-order valence-electron chi connectivity index (χ2n) is 6.82. The summed E-state index contributed by atoms with van der Waals surface area (Å²) in [5, 5.41) is 28.3. The molecule has 2 aliphatic rings. The lowest BCUT2D eigenvalue weighted by Crippen LogP contribution is -2.47. The van der Waals surface area contributed by atoms with Gasteiger partial charge in [0.15, 0.2) is 17.3 Å². The SMILES string of the molecule is CC(=O)c1c(O)c(C)c(O)c2c1OC1=CC(=O)C(C(C)=O)C(=O)C12C.CCO. The number of ketones is 4. The molecule has 8 nitrogen and oxygen atoms in total. The van der Waals surface area contributed by atoms with E-state index >= 15 is 0 Å². The number of carbonyl (C=O) groups excluding carboxylic acids is 4. The molecule has 28 heavy (non-hydrogen) atoms. The summed E-state index contributed by atoms with van der Waals surface area (Å²) in [4.78, 5) is 48.8. The summed E-state index contributed by atoms with van der Waals surface area (Å²) in [6.07, 6.45) is 1.04. The quantitative estimate of drug-likeness (QED) is 0.510. The van der Waals surface area contributed by atoms with Gasteiger partial charge in [-0.25, -0.2) is 0 Å². The monoisotopic (exact) mass is 390 g/mol. The van der Waals surface area contributed by atoms with Gasteiger partial charge in [-0.3, -0.25) is 19.2 Å². The first-order chi connectivity index (χ1) is 12.9. The van der Waals surface area contributed by atoms with Crippen LogP contribution in [0, 0.1) is 12.8 Å². The molecule has 0 aromatic heterocycles. The van der Waals surface area contributed by atoms with Crippen molar-refractivity contribution in [2.75, 3.05) is 6.61 Å². The molecule has 0 saturated carbocycles. The molecule has 0 fully saturated rings. The van der Waals surface area contributed by atoms with Crippen LogP contribution in [0.3, 0.4) is 0 Å². The van der Waals surface area contributed by atoms with E-state index in [4.69, 9.17) is 9.84 Å². The summed E-state index contributed by atoms with van der Waals surface area (Å²) in [6.45, 7) is 7.10. The van der Waals surface area contributed by atoms with Gasteiger partial charge in [-0.2, -0.15) is 0 Å². The number of aliphatic hydroxyl groups is 1. The van der Waals surface area contributed by atoms with Gasteiger partial charge in [-0.1, -0.05) is 0 Å². The number of rotatable bonds is 2. The molecule has 1 heterocycles.